The zero-order valence-corrected chi connectivity index (χ0v) is 12.2. The average molecular weight is 272 g/mol. The van der Waals surface area contributed by atoms with Crippen LogP contribution in [0, 0.1) is 11.3 Å². The third kappa shape index (κ3) is 3.78. The molecule has 0 saturated carbocycles. The summed E-state index contributed by atoms with van der Waals surface area (Å²) in [7, 11) is 0. The molecule has 0 fully saturated rings. The summed E-state index contributed by atoms with van der Waals surface area (Å²) in [6.45, 7) is 0.915. The van der Waals surface area contributed by atoms with Crippen LogP contribution in [0.5, 0.6) is 0 Å². The Morgan fingerprint density at radius 2 is 2.26 bits per heavy atom. The van der Waals surface area contributed by atoms with Gasteiger partial charge in [0.2, 0.25) is 0 Å². The molecule has 0 heterocycles. The zero-order chi connectivity index (χ0) is 13.5. The molecule has 1 N–H and O–H groups in total. The van der Waals surface area contributed by atoms with Gasteiger partial charge < -0.3 is 5.32 Å². The number of thioether (sulfide) groups is 1. The molecule has 0 amide bonds. The lowest BCUT2D eigenvalue weighted by Gasteiger charge is -2.14. The lowest BCUT2D eigenvalue weighted by Crippen LogP contribution is -2.06. The van der Waals surface area contributed by atoms with Crippen LogP contribution in [0.25, 0.3) is 0 Å². The fourth-order valence-electron chi connectivity index (χ4n) is 2.45. The summed E-state index contributed by atoms with van der Waals surface area (Å²) < 4.78 is 0. The molecule has 1 aromatic carbocycles. The number of anilines is 1. The second-order valence-electron chi connectivity index (χ2n) is 4.78. The van der Waals surface area contributed by atoms with E-state index in [4.69, 9.17) is 0 Å². The summed E-state index contributed by atoms with van der Waals surface area (Å²) in [4.78, 5) is 1.05. The van der Waals surface area contributed by atoms with Crippen molar-refractivity contribution in [1.82, 2.24) is 0 Å². The third-order valence-electron chi connectivity index (χ3n) is 3.50. The molecule has 0 radical (unpaired) electrons. The van der Waals surface area contributed by atoms with Crippen LogP contribution >= 0.6 is 11.8 Å². The van der Waals surface area contributed by atoms with Crippen LogP contribution in [-0.2, 0) is 0 Å². The third-order valence-corrected chi connectivity index (χ3v) is 4.28. The standard InChI is InChI=1S/C16H20N2S/c1-19-16-9-5-8-15(14(16)12-17)18-11-10-13-6-3-2-4-7-13/h5-6,8-9,18H,2-4,7,10-11H2,1H3. The van der Waals surface area contributed by atoms with Gasteiger partial charge in [-0.2, -0.15) is 5.26 Å². The first-order valence-corrected chi connectivity index (χ1v) is 8.06. The SMILES string of the molecule is CSc1cccc(NCCC2=CCCCC2)c1C#N. The lowest BCUT2D eigenvalue weighted by atomic mass is 9.97. The summed E-state index contributed by atoms with van der Waals surface area (Å²) in [5.41, 5.74) is 3.30. The number of nitrogens with one attached hydrogen (secondary N) is 1. The molecule has 0 unspecified atom stereocenters. The molecule has 1 aliphatic carbocycles. The number of benzene rings is 1. The van der Waals surface area contributed by atoms with Crippen LogP contribution in [0.2, 0.25) is 0 Å². The van der Waals surface area contributed by atoms with E-state index in [1.165, 1.54) is 25.7 Å². The quantitative estimate of drug-likeness (QED) is 0.629. The Kier molecular flexibility index (Phi) is 5.35. The van der Waals surface area contributed by atoms with Gasteiger partial charge in [-0.05, 0) is 50.5 Å². The molecule has 0 spiro atoms. The molecular formula is C16H20N2S. The minimum Gasteiger partial charge on any atom is -0.384 e. The Morgan fingerprint density at radius 1 is 1.37 bits per heavy atom. The van der Waals surface area contributed by atoms with Crippen molar-refractivity contribution < 1.29 is 0 Å². The van der Waals surface area contributed by atoms with Gasteiger partial charge in [0.25, 0.3) is 0 Å². The molecule has 0 bridgehead atoms. The van der Waals surface area contributed by atoms with Crippen LogP contribution in [0.1, 0.15) is 37.7 Å². The maximum atomic E-state index is 9.26. The summed E-state index contributed by atoms with van der Waals surface area (Å²) >= 11 is 1.62. The molecule has 0 aromatic heterocycles. The Bertz CT molecular complexity index is 500. The summed E-state index contributed by atoms with van der Waals surface area (Å²) in [6, 6.07) is 8.31. The van der Waals surface area contributed by atoms with Gasteiger partial charge in [-0.1, -0.05) is 17.7 Å². The molecule has 1 aromatic rings. The topological polar surface area (TPSA) is 35.8 Å². The predicted octanol–water partition coefficient (Wildman–Crippen LogP) is 4.58. The Morgan fingerprint density at radius 3 is 2.95 bits per heavy atom. The van der Waals surface area contributed by atoms with E-state index in [0.717, 1.165) is 29.1 Å². The minimum atomic E-state index is 0.771. The van der Waals surface area contributed by atoms with Crippen LogP contribution in [0.15, 0.2) is 34.7 Å². The molecule has 2 nitrogen and oxygen atoms in total. The number of rotatable bonds is 5. The van der Waals surface area contributed by atoms with Crippen molar-refractivity contribution in [1.29, 1.82) is 5.26 Å². The Labute approximate surface area is 119 Å². The first kappa shape index (κ1) is 14.0. The van der Waals surface area contributed by atoms with Crippen molar-refractivity contribution in [3.05, 3.63) is 35.4 Å². The second-order valence-corrected chi connectivity index (χ2v) is 5.63. The van der Waals surface area contributed by atoms with Gasteiger partial charge in [0, 0.05) is 11.4 Å². The van der Waals surface area contributed by atoms with Gasteiger partial charge in [0.15, 0.2) is 0 Å². The van der Waals surface area contributed by atoms with Crippen molar-refractivity contribution in [3.8, 4) is 6.07 Å². The molecule has 0 atom stereocenters. The highest BCUT2D eigenvalue weighted by molar-refractivity contribution is 7.98. The molecule has 0 saturated heterocycles. The average Bonchev–Trinajstić information content (AvgIpc) is 2.48. The van der Waals surface area contributed by atoms with E-state index in [-0.39, 0.29) is 0 Å². The number of allylic oxidation sites excluding steroid dienone is 1. The van der Waals surface area contributed by atoms with E-state index in [2.05, 4.69) is 17.5 Å². The van der Waals surface area contributed by atoms with Gasteiger partial charge in [0.1, 0.15) is 6.07 Å². The molecule has 19 heavy (non-hydrogen) atoms. The summed E-state index contributed by atoms with van der Waals surface area (Å²) in [5.74, 6) is 0. The smallest absolute Gasteiger partial charge is 0.102 e. The fraction of sp³-hybridized carbons (Fsp3) is 0.438. The van der Waals surface area contributed by atoms with E-state index < -0.39 is 0 Å². The van der Waals surface area contributed by atoms with Gasteiger partial charge in [-0.15, -0.1) is 11.8 Å². The number of nitriles is 1. The fourth-order valence-corrected chi connectivity index (χ4v) is 3.03. The molecule has 0 aliphatic heterocycles. The maximum Gasteiger partial charge on any atom is 0.102 e. The molecule has 1 aliphatic rings. The number of hydrogen-bond donors (Lipinski definition) is 1. The number of hydrogen-bond acceptors (Lipinski definition) is 3. The summed E-state index contributed by atoms with van der Waals surface area (Å²) in [6.07, 6.45) is 10.6. The van der Waals surface area contributed by atoms with Crippen molar-refractivity contribution in [3.63, 3.8) is 0 Å². The van der Waals surface area contributed by atoms with Gasteiger partial charge in [0.05, 0.1) is 11.3 Å². The van der Waals surface area contributed by atoms with Crippen molar-refractivity contribution >= 4 is 17.4 Å². The minimum absolute atomic E-state index is 0.771. The summed E-state index contributed by atoms with van der Waals surface area (Å²) in [5, 5.41) is 12.7. The zero-order valence-electron chi connectivity index (χ0n) is 11.4. The van der Waals surface area contributed by atoms with Crippen LogP contribution in [0.4, 0.5) is 5.69 Å². The highest BCUT2D eigenvalue weighted by atomic mass is 32.2. The van der Waals surface area contributed by atoms with Crippen LogP contribution in [0.3, 0.4) is 0 Å². The second kappa shape index (κ2) is 7.25. The lowest BCUT2D eigenvalue weighted by molar-refractivity contribution is 0.679. The molecule has 3 heteroatoms. The van der Waals surface area contributed by atoms with E-state index in [0.29, 0.717) is 0 Å². The van der Waals surface area contributed by atoms with Crippen LogP contribution < -0.4 is 5.32 Å². The largest absolute Gasteiger partial charge is 0.384 e. The molecule has 2 rings (SSSR count). The first-order valence-electron chi connectivity index (χ1n) is 6.84. The molecular weight excluding hydrogens is 252 g/mol. The van der Waals surface area contributed by atoms with E-state index >= 15 is 0 Å². The van der Waals surface area contributed by atoms with Gasteiger partial charge >= 0.3 is 0 Å². The molecule has 100 valence electrons. The predicted molar refractivity (Wildman–Crippen MR) is 82.6 cm³/mol. The highest BCUT2D eigenvalue weighted by Crippen LogP contribution is 2.26. The van der Waals surface area contributed by atoms with E-state index in [1.807, 2.05) is 24.5 Å². The van der Waals surface area contributed by atoms with Crippen molar-refractivity contribution in [2.75, 3.05) is 18.1 Å². The van der Waals surface area contributed by atoms with Crippen molar-refractivity contribution in [2.24, 2.45) is 0 Å². The van der Waals surface area contributed by atoms with E-state index in [1.54, 1.807) is 17.3 Å². The number of nitrogens with zero attached hydrogens (tertiary/aromatic N) is 1. The normalized spacial score (nSPS) is 14.6. The highest BCUT2D eigenvalue weighted by Gasteiger charge is 2.07. The maximum absolute atomic E-state index is 9.26. The van der Waals surface area contributed by atoms with Crippen molar-refractivity contribution in [2.45, 2.75) is 37.0 Å². The first-order chi connectivity index (χ1) is 9.35. The van der Waals surface area contributed by atoms with Gasteiger partial charge in [-0.25, -0.2) is 0 Å². The van der Waals surface area contributed by atoms with Gasteiger partial charge in [-0.3, -0.25) is 0 Å². The van der Waals surface area contributed by atoms with E-state index in [9.17, 15) is 5.26 Å². The van der Waals surface area contributed by atoms with Crippen LogP contribution in [-0.4, -0.2) is 12.8 Å². The Hall–Kier alpha value is -1.40. The monoisotopic (exact) mass is 272 g/mol. The Balaban J connectivity index is 1.96.